The Morgan fingerprint density at radius 1 is 1.06 bits per heavy atom. The van der Waals surface area contributed by atoms with Gasteiger partial charge in [-0.3, -0.25) is 0 Å². The van der Waals surface area contributed by atoms with Crippen LogP contribution in [0.3, 0.4) is 0 Å². The molecule has 0 N–H and O–H groups in total. The predicted octanol–water partition coefficient (Wildman–Crippen LogP) is 4.48. The van der Waals surface area contributed by atoms with Crippen LogP contribution in [0.5, 0.6) is 0 Å². The van der Waals surface area contributed by atoms with Gasteiger partial charge in [0, 0.05) is 0 Å². The van der Waals surface area contributed by atoms with E-state index in [0.29, 0.717) is 5.56 Å². The van der Waals surface area contributed by atoms with Gasteiger partial charge in [-0.25, -0.2) is 0 Å². The molecule has 0 saturated heterocycles. The van der Waals surface area contributed by atoms with Gasteiger partial charge < -0.3 is 0 Å². The van der Waals surface area contributed by atoms with Crippen molar-refractivity contribution >= 4 is 0 Å². The maximum Gasteiger partial charge on any atom is 0.416 e. The van der Waals surface area contributed by atoms with Crippen molar-refractivity contribution in [3.8, 4) is 11.1 Å². The highest BCUT2D eigenvalue weighted by Gasteiger charge is 2.30. The Labute approximate surface area is 97.7 Å². The molecular weight excluding hydrogens is 225 g/mol. The van der Waals surface area contributed by atoms with Gasteiger partial charge in [0.2, 0.25) is 0 Å². The highest BCUT2D eigenvalue weighted by atomic mass is 19.4. The van der Waals surface area contributed by atoms with Crippen molar-refractivity contribution in [1.29, 1.82) is 0 Å². The molecule has 87 valence electrons. The zero-order valence-corrected chi connectivity index (χ0v) is 9.18. The maximum absolute atomic E-state index is 12.5. The Bertz CT molecular complexity index is 527. The Kier molecular flexibility index (Phi) is 2.92. The Balaban J connectivity index is 2.47. The largest absolute Gasteiger partial charge is 0.416 e. The summed E-state index contributed by atoms with van der Waals surface area (Å²) in [5.74, 6) is 0. The zero-order valence-electron chi connectivity index (χ0n) is 9.18. The third kappa shape index (κ3) is 2.67. The van der Waals surface area contributed by atoms with E-state index in [2.05, 4.69) is 6.07 Å². The second-order valence-corrected chi connectivity index (χ2v) is 3.86. The van der Waals surface area contributed by atoms with E-state index in [1.807, 2.05) is 25.1 Å². The number of hydrogen-bond donors (Lipinski definition) is 0. The second kappa shape index (κ2) is 4.24. The first-order valence-corrected chi connectivity index (χ1v) is 5.13. The molecule has 2 aromatic rings. The van der Waals surface area contributed by atoms with Crippen molar-refractivity contribution in [2.45, 2.75) is 13.1 Å². The highest BCUT2D eigenvalue weighted by Crippen LogP contribution is 2.31. The molecule has 0 fully saturated rings. The highest BCUT2D eigenvalue weighted by molar-refractivity contribution is 5.64. The SMILES string of the molecule is Cc1cccc(-c2[c]ccc(C(F)(F)F)c2)c1. The molecule has 0 atom stereocenters. The van der Waals surface area contributed by atoms with Crippen LogP contribution in [-0.2, 0) is 6.18 Å². The first kappa shape index (κ1) is 11.7. The van der Waals surface area contributed by atoms with E-state index in [-0.39, 0.29) is 0 Å². The molecule has 2 rings (SSSR count). The molecule has 0 aliphatic rings. The van der Waals surface area contributed by atoms with Gasteiger partial charge in [-0.05, 0) is 36.2 Å². The molecule has 0 aromatic heterocycles. The molecule has 0 aliphatic heterocycles. The van der Waals surface area contributed by atoms with Gasteiger partial charge in [0.15, 0.2) is 0 Å². The van der Waals surface area contributed by atoms with Crippen LogP contribution in [0.1, 0.15) is 11.1 Å². The fourth-order valence-corrected chi connectivity index (χ4v) is 1.62. The summed E-state index contributed by atoms with van der Waals surface area (Å²) in [6, 6.07) is 13.6. The van der Waals surface area contributed by atoms with Crippen LogP contribution in [-0.4, -0.2) is 0 Å². The van der Waals surface area contributed by atoms with E-state index < -0.39 is 11.7 Å². The molecule has 17 heavy (non-hydrogen) atoms. The van der Waals surface area contributed by atoms with Crippen LogP contribution >= 0.6 is 0 Å². The first-order chi connectivity index (χ1) is 7.97. The monoisotopic (exact) mass is 235 g/mol. The summed E-state index contributed by atoms with van der Waals surface area (Å²) >= 11 is 0. The van der Waals surface area contributed by atoms with Crippen molar-refractivity contribution in [3.05, 3.63) is 59.7 Å². The van der Waals surface area contributed by atoms with Gasteiger partial charge in [-0.15, -0.1) is 0 Å². The van der Waals surface area contributed by atoms with Crippen molar-refractivity contribution in [3.63, 3.8) is 0 Å². The molecule has 0 unspecified atom stereocenters. The summed E-state index contributed by atoms with van der Waals surface area (Å²) in [6.07, 6.45) is -4.31. The Hall–Kier alpha value is -1.77. The molecule has 2 aromatic carbocycles. The van der Waals surface area contributed by atoms with Crippen LogP contribution in [0.15, 0.2) is 42.5 Å². The van der Waals surface area contributed by atoms with Crippen molar-refractivity contribution in [2.24, 2.45) is 0 Å². The summed E-state index contributed by atoms with van der Waals surface area (Å²) in [5.41, 5.74) is 1.57. The summed E-state index contributed by atoms with van der Waals surface area (Å²) in [6.45, 7) is 1.90. The van der Waals surface area contributed by atoms with E-state index in [9.17, 15) is 13.2 Å². The molecule has 0 nitrogen and oxygen atoms in total. The fourth-order valence-electron chi connectivity index (χ4n) is 1.62. The summed E-state index contributed by atoms with van der Waals surface area (Å²) in [7, 11) is 0. The van der Waals surface area contributed by atoms with Gasteiger partial charge in [0.25, 0.3) is 0 Å². The lowest BCUT2D eigenvalue weighted by atomic mass is 10.0. The van der Waals surface area contributed by atoms with Crippen molar-refractivity contribution in [1.82, 2.24) is 0 Å². The minimum Gasteiger partial charge on any atom is -0.166 e. The third-order valence-corrected chi connectivity index (χ3v) is 2.46. The van der Waals surface area contributed by atoms with Gasteiger partial charge in [-0.2, -0.15) is 13.2 Å². The molecule has 0 heterocycles. The normalized spacial score (nSPS) is 11.5. The minimum atomic E-state index is -4.31. The van der Waals surface area contributed by atoms with Crippen LogP contribution in [0, 0.1) is 13.0 Å². The van der Waals surface area contributed by atoms with Crippen LogP contribution in [0.2, 0.25) is 0 Å². The van der Waals surface area contributed by atoms with E-state index in [1.54, 1.807) is 6.07 Å². The van der Waals surface area contributed by atoms with E-state index >= 15 is 0 Å². The number of rotatable bonds is 1. The molecule has 1 radical (unpaired) electrons. The number of aryl methyl sites for hydroxylation is 1. The standard InChI is InChI=1S/C14H10F3/c1-10-4-2-5-11(8-10)12-6-3-7-13(9-12)14(15,16)17/h2-5,7-9H,1H3. The number of benzene rings is 2. The summed E-state index contributed by atoms with van der Waals surface area (Å²) in [4.78, 5) is 0. The van der Waals surface area contributed by atoms with Crippen molar-refractivity contribution in [2.75, 3.05) is 0 Å². The van der Waals surface area contributed by atoms with Gasteiger partial charge in [0.1, 0.15) is 0 Å². The average Bonchev–Trinajstić information content (AvgIpc) is 2.28. The van der Waals surface area contributed by atoms with E-state index in [4.69, 9.17) is 0 Å². The van der Waals surface area contributed by atoms with Crippen molar-refractivity contribution < 1.29 is 13.2 Å². The van der Waals surface area contributed by atoms with E-state index in [1.165, 1.54) is 6.07 Å². The predicted molar refractivity (Wildman–Crippen MR) is 60.5 cm³/mol. The maximum atomic E-state index is 12.5. The molecule has 0 spiro atoms. The van der Waals surface area contributed by atoms with Gasteiger partial charge in [0.05, 0.1) is 5.56 Å². The van der Waals surface area contributed by atoms with Gasteiger partial charge >= 0.3 is 6.18 Å². The molecule has 0 amide bonds. The van der Waals surface area contributed by atoms with E-state index in [0.717, 1.165) is 23.3 Å². The minimum absolute atomic E-state index is 0.462. The lowest BCUT2D eigenvalue weighted by Gasteiger charge is -2.08. The molecular formula is C14H10F3. The molecule has 0 saturated carbocycles. The summed E-state index contributed by atoms with van der Waals surface area (Å²) in [5, 5.41) is 0. The quantitative estimate of drug-likeness (QED) is 0.683. The molecule has 0 bridgehead atoms. The smallest absolute Gasteiger partial charge is 0.166 e. The Morgan fingerprint density at radius 2 is 1.82 bits per heavy atom. The number of alkyl halides is 3. The third-order valence-electron chi connectivity index (χ3n) is 2.46. The number of halogens is 3. The second-order valence-electron chi connectivity index (χ2n) is 3.86. The van der Waals surface area contributed by atoms with Crippen LogP contribution < -0.4 is 0 Å². The van der Waals surface area contributed by atoms with Crippen LogP contribution in [0.25, 0.3) is 11.1 Å². The Morgan fingerprint density at radius 3 is 2.47 bits per heavy atom. The molecule has 3 heteroatoms. The molecule has 0 aliphatic carbocycles. The van der Waals surface area contributed by atoms with Gasteiger partial charge in [-0.1, -0.05) is 35.9 Å². The lowest BCUT2D eigenvalue weighted by molar-refractivity contribution is -0.137. The summed E-state index contributed by atoms with van der Waals surface area (Å²) < 4.78 is 37.6. The average molecular weight is 235 g/mol. The topological polar surface area (TPSA) is 0 Å². The first-order valence-electron chi connectivity index (χ1n) is 5.13. The number of hydrogen-bond acceptors (Lipinski definition) is 0. The zero-order chi connectivity index (χ0) is 12.5. The fraction of sp³-hybridized carbons (Fsp3) is 0.143. The van der Waals surface area contributed by atoms with Crippen LogP contribution in [0.4, 0.5) is 13.2 Å². The lowest BCUT2D eigenvalue weighted by Crippen LogP contribution is -2.04.